The van der Waals surface area contributed by atoms with Gasteiger partial charge in [-0.2, -0.15) is 0 Å². The number of hydrogen-bond acceptors (Lipinski definition) is 1. The van der Waals surface area contributed by atoms with Gasteiger partial charge in [-0.15, -0.1) is 0 Å². The van der Waals surface area contributed by atoms with E-state index in [-0.39, 0.29) is 0 Å². The Balaban J connectivity index is 2.81. The molecule has 2 heteroatoms. The standard InChI is InChI=1S/C3H3IS/c1-5-3-2-4/h1H3. The highest BCUT2D eigenvalue weighted by molar-refractivity contribution is 14.1. The Morgan fingerprint density at radius 2 is 2.40 bits per heavy atom. The van der Waals surface area contributed by atoms with E-state index in [1.165, 1.54) is 11.8 Å². The lowest BCUT2D eigenvalue weighted by atomic mass is 11.4. The Bertz CT molecular complexity index is 59.0. The lowest BCUT2D eigenvalue weighted by Crippen LogP contribution is -1.32. The largest absolute Gasteiger partial charge is 0.0777 e. The van der Waals surface area contributed by atoms with Gasteiger partial charge in [0, 0.05) is 22.6 Å². The molecule has 0 N–H and O–H groups in total. The van der Waals surface area contributed by atoms with E-state index >= 15 is 0 Å². The summed E-state index contributed by atoms with van der Waals surface area (Å²) in [7, 11) is 0. The third-order valence-electron chi connectivity index (χ3n) is 0.141. The maximum Gasteiger partial charge on any atom is 0.0191 e. The molecule has 0 saturated heterocycles. The van der Waals surface area contributed by atoms with E-state index in [9.17, 15) is 0 Å². The maximum atomic E-state index is 2.76. The fourth-order valence-electron chi connectivity index (χ4n) is 0.0386. The van der Waals surface area contributed by atoms with Gasteiger partial charge >= 0.3 is 0 Å². The average molecular weight is 198 g/mol. The molecule has 0 aromatic rings. The highest BCUT2D eigenvalue weighted by atomic mass is 127. The molecule has 0 aliphatic heterocycles. The van der Waals surface area contributed by atoms with E-state index in [0.29, 0.717) is 0 Å². The second kappa shape index (κ2) is 4.64. The summed E-state index contributed by atoms with van der Waals surface area (Å²) >= 11 is 3.54. The third-order valence-corrected chi connectivity index (χ3v) is 1.08. The molecule has 0 nitrogen and oxygen atoms in total. The summed E-state index contributed by atoms with van der Waals surface area (Å²) in [5.41, 5.74) is 0. The molecule has 0 saturated carbocycles. The summed E-state index contributed by atoms with van der Waals surface area (Å²) in [6.45, 7) is 0. The quantitative estimate of drug-likeness (QED) is 0.421. The van der Waals surface area contributed by atoms with Gasteiger partial charge in [0.05, 0.1) is 0 Å². The molecule has 0 rings (SSSR count). The van der Waals surface area contributed by atoms with Crippen LogP contribution in [0.3, 0.4) is 0 Å². The first-order valence-corrected chi connectivity index (χ1v) is 3.35. The van der Waals surface area contributed by atoms with E-state index in [1.54, 1.807) is 0 Å². The lowest BCUT2D eigenvalue weighted by Gasteiger charge is -1.57. The van der Waals surface area contributed by atoms with Crippen LogP contribution in [0.25, 0.3) is 0 Å². The fourth-order valence-corrected chi connectivity index (χ4v) is 0.776. The SMILES string of the molecule is CSC#CI. The van der Waals surface area contributed by atoms with E-state index < -0.39 is 0 Å². The molecule has 0 aromatic carbocycles. The van der Waals surface area contributed by atoms with Gasteiger partial charge in [0.15, 0.2) is 0 Å². The Hall–Kier alpha value is 0.640. The second-order valence-corrected chi connectivity index (χ2v) is 1.55. The van der Waals surface area contributed by atoms with Crippen LogP contribution in [0.4, 0.5) is 0 Å². The van der Waals surface area contributed by atoms with Gasteiger partial charge in [-0.05, 0) is 15.4 Å². The zero-order chi connectivity index (χ0) is 4.12. The normalized spacial score (nSPS) is 5.20. The summed E-state index contributed by atoms with van der Waals surface area (Å²) in [4.78, 5) is 0. The topological polar surface area (TPSA) is 0 Å². The highest BCUT2D eigenvalue weighted by Crippen LogP contribution is 1.84. The minimum atomic E-state index is 1.53. The monoisotopic (exact) mass is 198 g/mol. The number of halogens is 1. The molecular weight excluding hydrogens is 195 g/mol. The van der Waals surface area contributed by atoms with Crippen molar-refractivity contribution in [1.82, 2.24) is 0 Å². The van der Waals surface area contributed by atoms with Gasteiger partial charge in [-0.25, -0.2) is 0 Å². The van der Waals surface area contributed by atoms with Crippen LogP contribution in [0, 0.1) is 9.18 Å². The van der Waals surface area contributed by atoms with Gasteiger partial charge in [0.2, 0.25) is 0 Å². The molecule has 0 radical (unpaired) electrons. The van der Waals surface area contributed by atoms with Crippen LogP contribution in [0.15, 0.2) is 0 Å². The molecule has 0 aliphatic carbocycles. The van der Waals surface area contributed by atoms with Crippen molar-refractivity contribution in [3.8, 4) is 9.18 Å². The van der Waals surface area contributed by atoms with Crippen LogP contribution in [-0.4, -0.2) is 6.26 Å². The van der Waals surface area contributed by atoms with Crippen molar-refractivity contribution in [1.29, 1.82) is 0 Å². The first-order chi connectivity index (χ1) is 2.41. The molecule has 0 aromatic heterocycles. The Labute approximate surface area is 49.9 Å². The number of rotatable bonds is 0. The van der Waals surface area contributed by atoms with Crippen molar-refractivity contribution in [2.45, 2.75) is 0 Å². The third kappa shape index (κ3) is 4.64. The van der Waals surface area contributed by atoms with Crippen molar-refractivity contribution in [2.75, 3.05) is 6.26 Å². The van der Waals surface area contributed by atoms with Gasteiger partial charge in [0.1, 0.15) is 0 Å². The molecule has 0 aliphatic rings. The molecule has 0 atom stereocenters. The Kier molecular flexibility index (Phi) is 5.23. The summed E-state index contributed by atoms with van der Waals surface area (Å²) in [5.74, 6) is 0. The predicted molar refractivity (Wildman–Crippen MR) is 35.3 cm³/mol. The Morgan fingerprint density at radius 1 is 1.80 bits per heavy atom. The molecular formula is C3H3IS. The number of hydrogen-bond donors (Lipinski definition) is 0. The summed E-state index contributed by atoms with van der Waals surface area (Å²) in [5, 5.41) is 2.76. The average Bonchev–Trinajstić information content (AvgIpc) is 1.41. The van der Waals surface area contributed by atoms with Gasteiger partial charge in [-0.1, -0.05) is 11.8 Å². The molecule has 5 heavy (non-hydrogen) atoms. The van der Waals surface area contributed by atoms with Crippen molar-refractivity contribution in [3.63, 3.8) is 0 Å². The fraction of sp³-hybridized carbons (Fsp3) is 0.333. The van der Waals surface area contributed by atoms with E-state index in [4.69, 9.17) is 0 Å². The zero-order valence-corrected chi connectivity index (χ0v) is 5.76. The first kappa shape index (κ1) is 5.64. The summed E-state index contributed by atoms with van der Waals surface area (Å²) < 4.78 is 2.70. The predicted octanol–water partition coefficient (Wildman–Crippen LogP) is 1.70. The summed E-state index contributed by atoms with van der Waals surface area (Å²) in [6.07, 6.45) is 1.95. The maximum absolute atomic E-state index is 2.76. The summed E-state index contributed by atoms with van der Waals surface area (Å²) in [6, 6.07) is 0. The van der Waals surface area contributed by atoms with Crippen LogP contribution >= 0.6 is 34.4 Å². The smallest absolute Gasteiger partial charge is 0.0191 e. The first-order valence-electron chi connectivity index (χ1n) is 1.05. The van der Waals surface area contributed by atoms with Crippen molar-refractivity contribution < 1.29 is 0 Å². The molecule has 0 heterocycles. The van der Waals surface area contributed by atoms with Crippen LogP contribution < -0.4 is 0 Å². The molecule has 0 spiro atoms. The Morgan fingerprint density at radius 3 is 2.40 bits per heavy atom. The number of thioether (sulfide) groups is 1. The van der Waals surface area contributed by atoms with Crippen molar-refractivity contribution in [3.05, 3.63) is 0 Å². The second-order valence-electron chi connectivity index (χ2n) is 0.401. The molecule has 28 valence electrons. The van der Waals surface area contributed by atoms with E-state index in [2.05, 4.69) is 9.18 Å². The van der Waals surface area contributed by atoms with Crippen molar-refractivity contribution in [2.24, 2.45) is 0 Å². The van der Waals surface area contributed by atoms with Crippen LogP contribution in [0.1, 0.15) is 0 Å². The van der Waals surface area contributed by atoms with E-state index in [1.807, 2.05) is 28.8 Å². The lowest BCUT2D eigenvalue weighted by molar-refractivity contribution is 2.51. The van der Waals surface area contributed by atoms with Crippen molar-refractivity contribution >= 4 is 34.4 Å². The molecule has 0 fully saturated rings. The minimum absolute atomic E-state index is 1.53. The van der Waals surface area contributed by atoms with Crippen LogP contribution in [0.2, 0.25) is 0 Å². The highest BCUT2D eigenvalue weighted by Gasteiger charge is 1.49. The van der Waals surface area contributed by atoms with Crippen LogP contribution in [0.5, 0.6) is 0 Å². The van der Waals surface area contributed by atoms with Crippen LogP contribution in [-0.2, 0) is 0 Å². The minimum Gasteiger partial charge on any atom is -0.0777 e. The van der Waals surface area contributed by atoms with Gasteiger partial charge in [-0.3, -0.25) is 0 Å². The zero-order valence-electron chi connectivity index (χ0n) is 2.79. The molecule has 0 bridgehead atoms. The molecule has 0 unspecified atom stereocenters. The molecule has 0 amide bonds. The van der Waals surface area contributed by atoms with Gasteiger partial charge < -0.3 is 0 Å². The van der Waals surface area contributed by atoms with Gasteiger partial charge in [0.25, 0.3) is 0 Å². The van der Waals surface area contributed by atoms with E-state index in [0.717, 1.165) is 0 Å².